The van der Waals surface area contributed by atoms with E-state index in [4.69, 9.17) is 11.6 Å². The Morgan fingerprint density at radius 2 is 2.09 bits per heavy atom. The van der Waals surface area contributed by atoms with E-state index in [1.807, 2.05) is 36.9 Å². The lowest BCUT2D eigenvalue weighted by Crippen LogP contribution is -2.37. The van der Waals surface area contributed by atoms with E-state index in [-0.39, 0.29) is 23.6 Å². The fraction of sp³-hybridized carbons (Fsp3) is 0.235. The number of anilines is 1. The smallest absolute Gasteiger partial charge is 0.165 e. The van der Waals surface area contributed by atoms with E-state index in [2.05, 4.69) is 4.90 Å². The van der Waals surface area contributed by atoms with Crippen molar-refractivity contribution in [3.63, 3.8) is 0 Å². The molecule has 2 nitrogen and oxygen atoms in total. The summed E-state index contributed by atoms with van der Waals surface area (Å²) in [6, 6.07) is 6.11. The lowest BCUT2D eigenvalue weighted by molar-refractivity contribution is -0.119. The van der Waals surface area contributed by atoms with Gasteiger partial charge in [0.05, 0.1) is 11.7 Å². The molecule has 1 aromatic heterocycles. The summed E-state index contributed by atoms with van der Waals surface area (Å²) in [5, 5.41) is 4.36. The van der Waals surface area contributed by atoms with Crippen LogP contribution in [0.25, 0.3) is 0 Å². The fourth-order valence-electron chi connectivity index (χ4n) is 2.90. The van der Waals surface area contributed by atoms with Crippen molar-refractivity contribution < 1.29 is 9.18 Å². The van der Waals surface area contributed by atoms with Crippen molar-refractivity contribution in [2.24, 2.45) is 5.92 Å². The first-order valence-corrected chi connectivity index (χ1v) is 8.29. The maximum Gasteiger partial charge on any atom is 0.165 e. The lowest BCUT2D eigenvalue weighted by atomic mass is 9.84. The molecule has 0 saturated heterocycles. The Morgan fingerprint density at radius 1 is 1.32 bits per heavy atom. The Morgan fingerprint density at radius 3 is 2.73 bits per heavy atom. The summed E-state index contributed by atoms with van der Waals surface area (Å²) in [5.41, 5.74) is 2.49. The summed E-state index contributed by atoms with van der Waals surface area (Å²) in [4.78, 5) is 14.4. The highest BCUT2D eigenvalue weighted by atomic mass is 35.5. The summed E-state index contributed by atoms with van der Waals surface area (Å²) in [5.74, 6) is -0.540. The molecule has 0 saturated carbocycles. The SMILES string of the molecule is CC1=CN(c2ccsc2)C(c2ccc(F)cc2Cl)C(C)C1=O. The molecule has 2 unspecified atom stereocenters. The Labute approximate surface area is 137 Å². The highest BCUT2D eigenvalue weighted by Crippen LogP contribution is 2.41. The number of Topliss-reactive ketones (excluding diaryl/α,β-unsaturated/α-hetero) is 1. The van der Waals surface area contributed by atoms with Crippen molar-refractivity contribution in [3.05, 3.63) is 63.2 Å². The predicted octanol–water partition coefficient (Wildman–Crippen LogP) is 5.21. The van der Waals surface area contributed by atoms with Crippen LogP contribution in [0.15, 0.2) is 46.8 Å². The van der Waals surface area contributed by atoms with Crippen molar-refractivity contribution in [2.75, 3.05) is 4.90 Å². The first-order chi connectivity index (χ1) is 10.5. The summed E-state index contributed by atoms with van der Waals surface area (Å²) < 4.78 is 13.3. The minimum Gasteiger partial charge on any atom is -0.339 e. The molecule has 0 amide bonds. The van der Waals surface area contributed by atoms with Gasteiger partial charge in [-0.15, -0.1) is 0 Å². The zero-order valence-electron chi connectivity index (χ0n) is 12.2. The molecular formula is C17H15ClFNOS. The van der Waals surface area contributed by atoms with Crippen LogP contribution in [0.2, 0.25) is 5.02 Å². The van der Waals surface area contributed by atoms with Crippen LogP contribution in [0, 0.1) is 11.7 Å². The number of ketones is 1. The van der Waals surface area contributed by atoms with Gasteiger partial charge < -0.3 is 4.90 Å². The van der Waals surface area contributed by atoms with Gasteiger partial charge >= 0.3 is 0 Å². The Bertz CT molecular complexity index is 741. The molecule has 1 aliphatic heterocycles. The van der Waals surface area contributed by atoms with Crippen LogP contribution in [-0.2, 0) is 4.79 Å². The number of allylic oxidation sites excluding steroid dienone is 1. The van der Waals surface area contributed by atoms with Crippen LogP contribution in [0.4, 0.5) is 10.1 Å². The number of carbonyl (C=O) groups excluding carboxylic acids is 1. The van der Waals surface area contributed by atoms with E-state index in [0.717, 1.165) is 11.3 Å². The number of thiophene rings is 1. The molecule has 5 heteroatoms. The van der Waals surface area contributed by atoms with E-state index in [1.54, 1.807) is 17.4 Å². The topological polar surface area (TPSA) is 20.3 Å². The molecule has 0 bridgehead atoms. The fourth-order valence-corrected chi connectivity index (χ4v) is 3.81. The van der Waals surface area contributed by atoms with E-state index in [9.17, 15) is 9.18 Å². The second kappa shape index (κ2) is 5.86. The van der Waals surface area contributed by atoms with Crippen LogP contribution in [0.5, 0.6) is 0 Å². The van der Waals surface area contributed by atoms with Gasteiger partial charge in [-0.3, -0.25) is 4.79 Å². The van der Waals surface area contributed by atoms with Gasteiger partial charge in [-0.1, -0.05) is 24.6 Å². The quantitative estimate of drug-likeness (QED) is 0.750. The van der Waals surface area contributed by atoms with Crippen molar-refractivity contribution >= 4 is 34.4 Å². The normalized spacial score (nSPS) is 21.9. The van der Waals surface area contributed by atoms with E-state index in [1.165, 1.54) is 12.1 Å². The molecule has 2 heterocycles. The summed E-state index contributed by atoms with van der Waals surface area (Å²) >= 11 is 7.83. The third kappa shape index (κ3) is 2.57. The Kier molecular flexibility index (Phi) is 4.06. The molecule has 2 aromatic rings. The molecular weight excluding hydrogens is 321 g/mol. The highest BCUT2D eigenvalue weighted by Gasteiger charge is 2.36. The molecule has 114 valence electrons. The van der Waals surface area contributed by atoms with Gasteiger partial charge in [0.25, 0.3) is 0 Å². The van der Waals surface area contributed by atoms with Gasteiger partial charge in [0.15, 0.2) is 5.78 Å². The lowest BCUT2D eigenvalue weighted by Gasteiger charge is -2.38. The molecule has 0 N–H and O–H groups in total. The van der Waals surface area contributed by atoms with Gasteiger partial charge in [-0.25, -0.2) is 4.39 Å². The monoisotopic (exact) mass is 335 g/mol. The predicted molar refractivity (Wildman–Crippen MR) is 88.9 cm³/mol. The van der Waals surface area contributed by atoms with Gasteiger partial charge in [0.1, 0.15) is 5.82 Å². The zero-order valence-corrected chi connectivity index (χ0v) is 13.8. The molecule has 22 heavy (non-hydrogen) atoms. The van der Waals surface area contributed by atoms with Crippen molar-refractivity contribution in [3.8, 4) is 0 Å². The van der Waals surface area contributed by atoms with Crippen molar-refractivity contribution in [1.82, 2.24) is 0 Å². The Balaban J connectivity index is 2.14. The summed E-state index contributed by atoms with van der Waals surface area (Å²) in [7, 11) is 0. The standard InChI is InChI=1S/C17H15ClFNOS/c1-10-8-20(13-5-6-22-9-13)16(11(2)17(10)21)14-4-3-12(19)7-15(14)18/h3-9,11,16H,1-2H3. The first kappa shape index (κ1) is 15.3. The van der Waals surface area contributed by atoms with Crippen LogP contribution in [0.1, 0.15) is 25.5 Å². The van der Waals surface area contributed by atoms with Crippen molar-refractivity contribution in [1.29, 1.82) is 0 Å². The number of nitrogens with zero attached hydrogens (tertiary/aromatic N) is 1. The first-order valence-electron chi connectivity index (χ1n) is 6.97. The number of carbonyl (C=O) groups is 1. The minimum absolute atomic E-state index is 0.0943. The molecule has 3 rings (SSSR count). The number of hydrogen-bond acceptors (Lipinski definition) is 3. The van der Waals surface area contributed by atoms with Crippen LogP contribution >= 0.6 is 22.9 Å². The number of benzene rings is 1. The third-order valence-corrected chi connectivity index (χ3v) is 4.99. The maximum absolute atomic E-state index is 13.3. The van der Waals surface area contributed by atoms with Crippen molar-refractivity contribution in [2.45, 2.75) is 19.9 Å². The molecule has 0 aliphatic carbocycles. The van der Waals surface area contributed by atoms with Crippen LogP contribution < -0.4 is 4.90 Å². The van der Waals surface area contributed by atoms with Gasteiger partial charge in [-0.2, -0.15) is 11.3 Å². The second-order valence-electron chi connectivity index (χ2n) is 5.46. The third-order valence-electron chi connectivity index (χ3n) is 3.99. The average molecular weight is 336 g/mol. The van der Waals surface area contributed by atoms with E-state index in [0.29, 0.717) is 10.6 Å². The zero-order chi connectivity index (χ0) is 15.9. The molecule has 0 spiro atoms. The number of rotatable bonds is 2. The number of hydrogen-bond donors (Lipinski definition) is 0. The number of halogens is 2. The molecule has 1 aromatic carbocycles. The molecule has 2 atom stereocenters. The Hall–Kier alpha value is -1.65. The van der Waals surface area contributed by atoms with E-state index < -0.39 is 0 Å². The van der Waals surface area contributed by atoms with Gasteiger partial charge in [0, 0.05) is 28.1 Å². The van der Waals surface area contributed by atoms with Crippen LogP contribution in [0.3, 0.4) is 0 Å². The highest BCUT2D eigenvalue weighted by molar-refractivity contribution is 7.08. The molecule has 0 fully saturated rings. The summed E-state index contributed by atoms with van der Waals surface area (Å²) in [6.45, 7) is 3.71. The minimum atomic E-state index is -0.377. The van der Waals surface area contributed by atoms with Crippen LogP contribution in [-0.4, -0.2) is 5.78 Å². The van der Waals surface area contributed by atoms with E-state index >= 15 is 0 Å². The second-order valence-corrected chi connectivity index (χ2v) is 6.65. The van der Waals surface area contributed by atoms with Gasteiger partial charge in [-0.05, 0) is 36.1 Å². The largest absolute Gasteiger partial charge is 0.339 e. The average Bonchev–Trinajstić information content (AvgIpc) is 3.00. The maximum atomic E-state index is 13.3. The molecule has 0 radical (unpaired) electrons. The molecule has 1 aliphatic rings. The van der Waals surface area contributed by atoms with Gasteiger partial charge in [0.2, 0.25) is 0 Å². The summed E-state index contributed by atoms with van der Waals surface area (Å²) in [6.07, 6.45) is 1.86.